The summed E-state index contributed by atoms with van der Waals surface area (Å²) in [5, 5.41) is 0. The fourth-order valence-electron chi connectivity index (χ4n) is 8.06. The van der Waals surface area contributed by atoms with Crippen LogP contribution in [0.4, 0.5) is 0 Å². The van der Waals surface area contributed by atoms with Crippen LogP contribution in [0.25, 0.3) is 0 Å². The van der Waals surface area contributed by atoms with E-state index in [9.17, 15) is 14.4 Å². The third-order valence-corrected chi connectivity index (χ3v) is 12.8. The molecule has 0 fully saturated rings. The van der Waals surface area contributed by atoms with Crippen molar-refractivity contribution in [2.75, 3.05) is 13.2 Å². The molecular formula is C76H116O6. The number of hydrogen-bond donors (Lipinski definition) is 0. The Labute approximate surface area is 503 Å². The molecule has 1 unspecified atom stereocenters. The number of carbonyl (C=O) groups excluding carboxylic acids is 3. The van der Waals surface area contributed by atoms with E-state index in [1.165, 1.54) is 19.3 Å². The van der Waals surface area contributed by atoms with Gasteiger partial charge in [0.25, 0.3) is 0 Å². The molecule has 0 saturated heterocycles. The molecule has 0 aliphatic carbocycles. The molecule has 6 heteroatoms. The molecule has 0 heterocycles. The van der Waals surface area contributed by atoms with Gasteiger partial charge in [0.05, 0.1) is 0 Å². The van der Waals surface area contributed by atoms with Gasteiger partial charge in [0.15, 0.2) is 6.10 Å². The van der Waals surface area contributed by atoms with Crippen molar-refractivity contribution in [3.63, 3.8) is 0 Å². The Morgan fingerprint density at radius 3 is 0.744 bits per heavy atom. The molecule has 0 aromatic carbocycles. The van der Waals surface area contributed by atoms with E-state index in [1.54, 1.807) is 0 Å². The molecule has 0 saturated carbocycles. The van der Waals surface area contributed by atoms with Gasteiger partial charge in [-0.05, 0) is 148 Å². The molecule has 6 nitrogen and oxygen atoms in total. The second-order valence-electron chi connectivity index (χ2n) is 20.6. The zero-order valence-electron chi connectivity index (χ0n) is 52.2. The Kier molecular flexibility index (Phi) is 63.0. The van der Waals surface area contributed by atoms with Crippen molar-refractivity contribution in [1.82, 2.24) is 0 Å². The summed E-state index contributed by atoms with van der Waals surface area (Å²) in [6.07, 6.45) is 103. The molecule has 0 rings (SSSR count). The molecule has 0 bridgehead atoms. The third kappa shape index (κ3) is 65.1. The van der Waals surface area contributed by atoms with E-state index in [0.29, 0.717) is 12.8 Å². The highest BCUT2D eigenvalue weighted by Gasteiger charge is 2.19. The molecule has 0 radical (unpaired) electrons. The SMILES string of the molecule is CC/C=C\C/C=C\C/C=C\C/C=C\C/C=C\C/C=C\C/C=C\C/C=C\CCCCCCC(=O)OCC(COC(=O)CCCCCCCC)OC(=O)CCCCCC/C=C\C/C=C\C/C=C\C/C=C\C/C=C\C/C=C\C/C=C\C/C=C\CC. The predicted octanol–water partition coefficient (Wildman–Crippen LogP) is 22.6. The normalized spacial score (nSPS) is 13.5. The minimum Gasteiger partial charge on any atom is -0.462 e. The first-order chi connectivity index (χ1) is 40.5. The Hall–Kier alpha value is -5.75. The number of unbranched alkanes of at least 4 members (excludes halogenated alkanes) is 13. The highest BCUT2D eigenvalue weighted by molar-refractivity contribution is 5.71. The summed E-state index contributed by atoms with van der Waals surface area (Å²) >= 11 is 0. The maximum atomic E-state index is 12.9. The van der Waals surface area contributed by atoms with Crippen molar-refractivity contribution in [3.8, 4) is 0 Å². The van der Waals surface area contributed by atoms with E-state index >= 15 is 0 Å². The smallest absolute Gasteiger partial charge is 0.306 e. The highest BCUT2D eigenvalue weighted by Crippen LogP contribution is 2.13. The molecule has 0 spiro atoms. The zero-order chi connectivity index (χ0) is 59.2. The zero-order valence-corrected chi connectivity index (χ0v) is 52.2. The van der Waals surface area contributed by atoms with Crippen LogP contribution in [0.5, 0.6) is 0 Å². The van der Waals surface area contributed by atoms with Crippen molar-refractivity contribution < 1.29 is 28.6 Å². The minimum absolute atomic E-state index is 0.107. The lowest BCUT2D eigenvalue weighted by molar-refractivity contribution is -0.167. The average molecular weight is 1130 g/mol. The number of allylic oxidation sites excluding steroid dienone is 32. The number of carbonyl (C=O) groups is 3. The first-order valence-corrected chi connectivity index (χ1v) is 32.4. The minimum atomic E-state index is -0.812. The fourth-order valence-corrected chi connectivity index (χ4v) is 8.06. The van der Waals surface area contributed by atoms with E-state index in [1.807, 2.05) is 0 Å². The highest BCUT2D eigenvalue weighted by atomic mass is 16.6. The Balaban J connectivity index is 4.28. The van der Waals surface area contributed by atoms with E-state index in [2.05, 4.69) is 215 Å². The summed E-state index contributed by atoms with van der Waals surface area (Å²) in [6, 6.07) is 0. The van der Waals surface area contributed by atoms with Gasteiger partial charge >= 0.3 is 17.9 Å². The van der Waals surface area contributed by atoms with Crippen molar-refractivity contribution in [1.29, 1.82) is 0 Å². The average Bonchev–Trinajstić information content (AvgIpc) is 3.47. The first kappa shape index (κ1) is 76.2. The Bertz CT molecular complexity index is 1970. The molecule has 0 aromatic heterocycles. The third-order valence-electron chi connectivity index (χ3n) is 12.8. The number of ether oxygens (including phenoxy) is 3. The van der Waals surface area contributed by atoms with Crippen molar-refractivity contribution in [3.05, 3.63) is 194 Å². The van der Waals surface area contributed by atoms with Crippen LogP contribution < -0.4 is 0 Å². The molecular weight excluding hydrogens is 1010 g/mol. The van der Waals surface area contributed by atoms with Gasteiger partial charge < -0.3 is 14.2 Å². The molecule has 0 aliphatic heterocycles. The van der Waals surface area contributed by atoms with Gasteiger partial charge in [0.2, 0.25) is 0 Å². The molecule has 82 heavy (non-hydrogen) atoms. The quantitative estimate of drug-likeness (QED) is 0.0261. The number of hydrogen-bond acceptors (Lipinski definition) is 6. The monoisotopic (exact) mass is 1120 g/mol. The maximum absolute atomic E-state index is 12.9. The van der Waals surface area contributed by atoms with Gasteiger partial charge in [-0.15, -0.1) is 0 Å². The fraction of sp³-hybridized carbons (Fsp3) is 0.539. The summed E-state index contributed by atoms with van der Waals surface area (Å²) < 4.78 is 16.8. The van der Waals surface area contributed by atoms with Crippen LogP contribution in [0.1, 0.15) is 245 Å². The van der Waals surface area contributed by atoms with E-state index < -0.39 is 6.10 Å². The summed E-state index contributed by atoms with van der Waals surface area (Å²) in [5.41, 5.74) is 0. The molecule has 1 atom stereocenters. The second kappa shape index (κ2) is 67.8. The summed E-state index contributed by atoms with van der Waals surface area (Å²) in [5.74, 6) is -0.979. The van der Waals surface area contributed by atoms with Gasteiger partial charge in [-0.2, -0.15) is 0 Å². The molecule has 0 N–H and O–H groups in total. The van der Waals surface area contributed by atoms with Gasteiger partial charge in [0.1, 0.15) is 13.2 Å². The van der Waals surface area contributed by atoms with Gasteiger partial charge in [-0.3, -0.25) is 14.4 Å². The van der Waals surface area contributed by atoms with Crippen LogP contribution in [0.15, 0.2) is 194 Å². The largest absolute Gasteiger partial charge is 0.462 e. The molecule has 0 amide bonds. The molecule has 0 aromatic rings. The van der Waals surface area contributed by atoms with E-state index in [4.69, 9.17) is 14.2 Å². The lowest BCUT2D eigenvalue weighted by Gasteiger charge is -2.18. The standard InChI is InChI=1S/C76H116O6/c1-4-7-10-13-16-18-20-22-24-26-28-30-32-34-36-38-40-42-44-46-48-50-52-54-56-58-60-63-66-69-75(78)81-72-73(71-80-74(77)68-65-62-15-12-9-6-3)82-76(79)70-67-64-61-59-57-55-53-51-49-47-45-43-41-39-37-35-33-31-29-27-25-23-21-19-17-14-11-8-5-2/h7-8,10-11,16-19,22-25,28-31,34-37,40-43,46-49,52-55,73H,4-6,9,12-15,20-21,26-27,32-33,38-39,44-45,50-51,56-72H2,1-3H3/b10-7-,11-8-,18-16-,19-17-,24-22-,25-23-,30-28-,31-29-,36-34-,37-35-,42-40-,43-41-,48-46-,49-47-,54-52-,55-53-. The van der Waals surface area contributed by atoms with Crippen molar-refractivity contribution in [2.24, 2.45) is 0 Å². The molecule has 456 valence electrons. The summed E-state index contributed by atoms with van der Waals surface area (Å²) in [4.78, 5) is 38.0. The van der Waals surface area contributed by atoms with Crippen molar-refractivity contribution >= 4 is 17.9 Å². The van der Waals surface area contributed by atoms with Crippen LogP contribution in [0.2, 0.25) is 0 Å². The molecule has 0 aliphatic rings. The van der Waals surface area contributed by atoms with E-state index in [0.717, 1.165) is 186 Å². The van der Waals surface area contributed by atoms with Crippen molar-refractivity contribution in [2.45, 2.75) is 252 Å². The van der Waals surface area contributed by atoms with Crippen LogP contribution in [-0.2, 0) is 28.6 Å². The number of esters is 3. The van der Waals surface area contributed by atoms with Crippen LogP contribution in [-0.4, -0.2) is 37.2 Å². The topological polar surface area (TPSA) is 78.9 Å². The number of rotatable bonds is 56. The summed E-state index contributed by atoms with van der Waals surface area (Å²) in [6.45, 7) is 6.29. The Morgan fingerprint density at radius 2 is 0.476 bits per heavy atom. The Morgan fingerprint density at radius 1 is 0.256 bits per heavy atom. The van der Waals surface area contributed by atoms with Crippen LogP contribution >= 0.6 is 0 Å². The first-order valence-electron chi connectivity index (χ1n) is 32.4. The van der Waals surface area contributed by atoms with Crippen LogP contribution in [0.3, 0.4) is 0 Å². The van der Waals surface area contributed by atoms with E-state index in [-0.39, 0.29) is 37.5 Å². The van der Waals surface area contributed by atoms with Crippen LogP contribution in [0, 0.1) is 0 Å². The lowest BCUT2D eigenvalue weighted by atomic mass is 10.1. The van der Waals surface area contributed by atoms with Gasteiger partial charge in [-0.1, -0.05) is 273 Å². The predicted molar refractivity (Wildman–Crippen MR) is 357 cm³/mol. The van der Waals surface area contributed by atoms with Gasteiger partial charge in [-0.25, -0.2) is 0 Å². The maximum Gasteiger partial charge on any atom is 0.306 e. The second-order valence-corrected chi connectivity index (χ2v) is 20.6. The lowest BCUT2D eigenvalue weighted by Crippen LogP contribution is -2.30. The van der Waals surface area contributed by atoms with Gasteiger partial charge in [0, 0.05) is 19.3 Å². The summed E-state index contributed by atoms with van der Waals surface area (Å²) in [7, 11) is 0.